The highest BCUT2D eigenvalue weighted by molar-refractivity contribution is 9.10. The number of nitrogens with one attached hydrogen (secondary N) is 2. The molecule has 116 valence electrons. The number of halogens is 1. The van der Waals surface area contributed by atoms with Gasteiger partial charge >= 0.3 is 0 Å². The summed E-state index contributed by atoms with van der Waals surface area (Å²) in [6.07, 6.45) is 1.41. The van der Waals surface area contributed by atoms with Gasteiger partial charge in [0.05, 0.1) is 4.92 Å². The Morgan fingerprint density at radius 3 is 2.65 bits per heavy atom. The summed E-state index contributed by atoms with van der Waals surface area (Å²) in [5.41, 5.74) is 1.31. The minimum Gasteiger partial charge on any atom is -0.366 e. The Morgan fingerprint density at radius 1 is 1.22 bits per heavy atom. The summed E-state index contributed by atoms with van der Waals surface area (Å²) in [4.78, 5) is 15.0. The lowest BCUT2D eigenvalue weighted by Gasteiger charge is -2.18. The Hall–Kier alpha value is -2.74. The molecular formula is C15H12BrN5O2. The largest absolute Gasteiger partial charge is 0.366 e. The van der Waals surface area contributed by atoms with Crippen molar-refractivity contribution < 1.29 is 4.92 Å². The highest BCUT2D eigenvalue weighted by Crippen LogP contribution is 2.32. The zero-order valence-electron chi connectivity index (χ0n) is 11.8. The van der Waals surface area contributed by atoms with Gasteiger partial charge in [-0.25, -0.2) is 4.98 Å². The number of nitrogens with zero attached hydrogens (tertiary/aromatic N) is 3. The average molecular weight is 374 g/mol. The molecule has 0 radical (unpaired) electrons. The third kappa shape index (κ3) is 3.37. The number of aromatic amines is 1. The van der Waals surface area contributed by atoms with Gasteiger partial charge in [0, 0.05) is 10.5 Å². The van der Waals surface area contributed by atoms with E-state index in [9.17, 15) is 10.1 Å². The molecule has 0 spiro atoms. The van der Waals surface area contributed by atoms with Crippen molar-refractivity contribution in [3.8, 4) is 0 Å². The molecule has 8 heteroatoms. The van der Waals surface area contributed by atoms with E-state index < -0.39 is 4.92 Å². The highest BCUT2D eigenvalue weighted by atomic mass is 79.9. The molecule has 3 aromatic rings. The minimum absolute atomic E-state index is 0.0141. The zero-order chi connectivity index (χ0) is 16.2. The Labute approximate surface area is 140 Å². The smallest absolute Gasteiger partial charge is 0.293 e. The molecule has 2 aromatic carbocycles. The van der Waals surface area contributed by atoms with Gasteiger partial charge in [-0.3, -0.25) is 15.2 Å². The minimum atomic E-state index is -0.421. The first-order valence-electron chi connectivity index (χ1n) is 6.76. The molecule has 1 heterocycles. The zero-order valence-corrected chi connectivity index (χ0v) is 13.4. The molecule has 0 amide bonds. The highest BCUT2D eigenvalue weighted by Gasteiger charge is 2.21. The summed E-state index contributed by atoms with van der Waals surface area (Å²) in [7, 11) is 0. The maximum absolute atomic E-state index is 11.3. The summed E-state index contributed by atoms with van der Waals surface area (Å²) in [5.74, 6) is 0.577. The maximum atomic E-state index is 11.3. The molecule has 0 unspecified atom stereocenters. The van der Waals surface area contributed by atoms with Gasteiger partial charge in [-0.15, -0.1) is 0 Å². The summed E-state index contributed by atoms with van der Waals surface area (Å²) < 4.78 is 0.644. The number of hydrogen-bond acceptors (Lipinski definition) is 5. The van der Waals surface area contributed by atoms with Crippen molar-refractivity contribution in [2.24, 2.45) is 0 Å². The monoisotopic (exact) mass is 373 g/mol. The molecule has 2 N–H and O–H groups in total. The lowest BCUT2D eigenvalue weighted by atomic mass is 10.1. The number of hydrogen-bond donors (Lipinski definition) is 2. The van der Waals surface area contributed by atoms with E-state index in [1.807, 2.05) is 30.3 Å². The van der Waals surface area contributed by atoms with Crippen molar-refractivity contribution in [2.75, 3.05) is 5.32 Å². The number of H-pyrrole nitrogens is 1. The molecule has 0 bridgehead atoms. The van der Waals surface area contributed by atoms with Crippen LogP contribution in [0.1, 0.15) is 17.4 Å². The van der Waals surface area contributed by atoms with E-state index in [2.05, 4.69) is 36.4 Å². The Morgan fingerprint density at radius 2 is 2.00 bits per heavy atom. The molecule has 1 atom stereocenters. The molecule has 0 aliphatic heterocycles. The quantitative estimate of drug-likeness (QED) is 0.525. The third-order valence-electron chi connectivity index (χ3n) is 3.30. The third-order valence-corrected chi connectivity index (χ3v) is 3.79. The second kappa shape index (κ2) is 6.57. The number of nitro benzene ring substituents is 1. The van der Waals surface area contributed by atoms with Crippen LogP contribution in [0.4, 0.5) is 11.4 Å². The van der Waals surface area contributed by atoms with Gasteiger partial charge in [0.15, 0.2) is 5.82 Å². The fourth-order valence-electron chi connectivity index (χ4n) is 2.24. The fourth-order valence-corrected chi connectivity index (χ4v) is 2.59. The first-order chi connectivity index (χ1) is 11.1. The van der Waals surface area contributed by atoms with Gasteiger partial charge in [-0.2, -0.15) is 5.10 Å². The van der Waals surface area contributed by atoms with Crippen molar-refractivity contribution in [3.05, 3.63) is 80.8 Å². The van der Waals surface area contributed by atoms with Crippen LogP contribution in [0.25, 0.3) is 0 Å². The van der Waals surface area contributed by atoms with Crippen molar-refractivity contribution in [2.45, 2.75) is 6.04 Å². The van der Waals surface area contributed by atoms with E-state index in [1.54, 1.807) is 12.1 Å². The number of nitro groups is 1. The first-order valence-corrected chi connectivity index (χ1v) is 7.55. The van der Waals surface area contributed by atoms with E-state index in [0.29, 0.717) is 16.0 Å². The predicted octanol–water partition coefficient (Wildman–Crippen LogP) is 3.68. The van der Waals surface area contributed by atoms with Crippen LogP contribution >= 0.6 is 15.9 Å². The first kappa shape index (κ1) is 15.2. The Kier molecular flexibility index (Phi) is 4.33. The van der Waals surface area contributed by atoms with Gasteiger partial charge in [0.2, 0.25) is 0 Å². The van der Waals surface area contributed by atoms with Crippen LogP contribution in [0.3, 0.4) is 0 Å². The summed E-state index contributed by atoms with van der Waals surface area (Å²) in [5, 5.41) is 21.1. The number of aromatic nitrogens is 3. The second-order valence-electron chi connectivity index (χ2n) is 4.78. The van der Waals surface area contributed by atoms with E-state index in [0.717, 1.165) is 5.56 Å². The van der Waals surface area contributed by atoms with Gasteiger partial charge in [-0.05, 0) is 17.7 Å². The molecule has 7 nitrogen and oxygen atoms in total. The van der Waals surface area contributed by atoms with Crippen LogP contribution < -0.4 is 5.32 Å². The van der Waals surface area contributed by atoms with Crippen molar-refractivity contribution in [1.82, 2.24) is 15.2 Å². The Bertz CT molecular complexity index is 808. The molecule has 3 rings (SSSR count). The van der Waals surface area contributed by atoms with Gasteiger partial charge < -0.3 is 5.32 Å². The summed E-state index contributed by atoms with van der Waals surface area (Å²) in [6, 6.07) is 14.0. The Balaban J connectivity index is 2.02. The topological polar surface area (TPSA) is 96.7 Å². The molecule has 0 saturated heterocycles. The second-order valence-corrected chi connectivity index (χ2v) is 5.69. The van der Waals surface area contributed by atoms with Crippen molar-refractivity contribution in [3.63, 3.8) is 0 Å². The van der Waals surface area contributed by atoms with Gasteiger partial charge in [-0.1, -0.05) is 46.3 Å². The number of benzene rings is 2. The lowest BCUT2D eigenvalue weighted by molar-refractivity contribution is -0.384. The van der Waals surface area contributed by atoms with E-state index in [1.165, 1.54) is 12.4 Å². The average Bonchev–Trinajstić information content (AvgIpc) is 3.08. The predicted molar refractivity (Wildman–Crippen MR) is 89.1 cm³/mol. The molecule has 0 fully saturated rings. The summed E-state index contributed by atoms with van der Waals surface area (Å²) in [6.45, 7) is 0. The summed E-state index contributed by atoms with van der Waals surface area (Å²) >= 11 is 3.25. The lowest BCUT2D eigenvalue weighted by Crippen LogP contribution is -2.15. The molecular weight excluding hydrogens is 362 g/mol. The van der Waals surface area contributed by atoms with Crippen LogP contribution in [0, 0.1) is 10.1 Å². The van der Waals surface area contributed by atoms with Gasteiger partial charge in [0.1, 0.15) is 18.1 Å². The molecule has 0 aliphatic rings. The maximum Gasteiger partial charge on any atom is 0.293 e. The number of rotatable bonds is 5. The number of anilines is 1. The molecule has 0 saturated carbocycles. The molecule has 23 heavy (non-hydrogen) atoms. The van der Waals surface area contributed by atoms with Crippen LogP contribution in [0.2, 0.25) is 0 Å². The van der Waals surface area contributed by atoms with Crippen LogP contribution in [-0.2, 0) is 0 Å². The van der Waals surface area contributed by atoms with Crippen LogP contribution in [-0.4, -0.2) is 20.1 Å². The van der Waals surface area contributed by atoms with Crippen molar-refractivity contribution in [1.29, 1.82) is 0 Å². The van der Waals surface area contributed by atoms with Crippen LogP contribution in [0.15, 0.2) is 59.3 Å². The normalized spacial score (nSPS) is 11.9. The molecule has 0 aliphatic carbocycles. The van der Waals surface area contributed by atoms with E-state index in [4.69, 9.17) is 0 Å². The van der Waals surface area contributed by atoms with Crippen LogP contribution in [0.5, 0.6) is 0 Å². The fraction of sp³-hybridized carbons (Fsp3) is 0.0667. The van der Waals surface area contributed by atoms with Gasteiger partial charge in [0.25, 0.3) is 5.69 Å². The van der Waals surface area contributed by atoms with E-state index >= 15 is 0 Å². The van der Waals surface area contributed by atoms with E-state index in [-0.39, 0.29) is 11.7 Å². The SMILES string of the molecule is O=[N+]([O-])c1cc(Br)ccc1N[C@H](c1ccccc1)c1ncn[nH]1. The van der Waals surface area contributed by atoms with Crippen molar-refractivity contribution >= 4 is 27.3 Å². The molecule has 1 aromatic heterocycles. The standard InChI is InChI=1S/C15H12BrN5O2/c16-11-6-7-12(13(8-11)21(22)23)19-14(15-17-9-18-20-15)10-4-2-1-3-5-10/h1-9,14,19H,(H,17,18,20)/t14-/m1/s1.